The Labute approximate surface area is 305 Å². The first-order valence-electron chi connectivity index (χ1n) is 19.0. The van der Waals surface area contributed by atoms with Crippen LogP contribution in [0.3, 0.4) is 0 Å². The first kappa shape index (κ1) is 39.2. The highest BCUT2D eigenvalue weighted by atomic mass is 32.1. The second kappa shape index (κ2) is 18.0. The molecule has 2 aromatic heterocycles. The fourth-order valence-corrected chi connectivity index (χ4v) is 7.60. The number of unbranched alkanes of at least 4 members (excludes halogenated alkanes) is 2. The molecule has 0 spiro atoms. The largest absolute Gasteiger partial charge is 0.347 e. The summed E-state index contributed by atoms with van der Waals surface area (Å²) in [6, 6.07) is 12.5. The molecule has 0 aliphatic carbocycles. The smallest absolute Gasteiger partial charge is 0.291 e. The average molecular weight is 698 g/mol. The zero-order chi connectivity index (χ0) is 36.4. The summed E-state index contributed by atoms with van der Waals surface area (Å²) in [6.07, 6.45) is 10.7. The second-order valence-electron chi connectivity index (χ2n) is 15.6. The van der Waals surface area contributed by atoms with Crippen molar-refractivity contribution in [2.45, 2.75) is 127 Å². The van der Waals surface area contributed by atoms with Crippen molar-refractivity contribution in [3.05, 3.63) is 53.1 Å². The quantitative estimate of drug-likeness (QED) is 0.131. The molecule has 50 heavy (non-hydrogen) atoms. The van der Waals surface area contributed by atoms with Crippen molar-refractivity contribution < 1.29 is 4.79 Å². The van der Waals surface area contributed by atoms with E-state index in [-0.39, 0.29) is 16.9 Å². The molecule has 0 radical (unpaired) electrons. The summed E-state index contributed by atoms with van der Waals surface area (Å²) >= 11 is 1.61. The van der Waals surface area contributed by atoms with E-state index in [0.717, 1.165) is 47.3 Å². The monoisotopic (exact) mass is 697 g/mol. The molecule has 2 atom stereocenters. The fraction of sp³-hybridized carbons (Fsp3) is 0.610. The van der Waals surface area contributed by atoms with Crippen molar-refractivity contribution in [1.29, 1.82) is 5.26 Å². The summed E-state index contributed by atoms with van der Waals surface area (Å²) in [5.74, 6) is 1.91. The molecule has 2 unspecified atom stereocenters. The lowest BCUT2D eigenvalue weighted by Gasteiger charge is -2.30. The van der Waals surface area contributed by atoms with Crippen molar-refractivity contribution in [3.63, 3.8) is 0 Å². The fourth-order valence-electron chi connectivity index (χ4n) is 6.61. The minimum absolute atomic E-state index is 0.0818. The van der Waals surface area contributed by atoms with Gasteiger partial charge < -0.3 is 4.90 Å². The Morgan fingerprint density at radius 1 is 0.960 bits per heavy atom. The maximum absolute atomic E-state index is 13.7. The molecule has 1 aromatic carbocycles. The van der Waals surface area contributed by atoms with Crippen LogP contribution in [0.2, 0.25) is 0 Å². The highest BCUT2D eigenvalue weighted by molar-refractivity contribution is 7.19. The Kier molecular flexibility index (Phi) is 14.1. The van der Waals surface area contributed by atoms with Crippen molar-refractivity contribution in [2.24, 2.45) is 28.2 Å². The van der Waals surface area contributed by atoms with E-state index in [2.05, 4.69) is 90.5 Å². The molecule has 0 fully saturated rings. The summed E-state index contributed by atoms with van der Waals surface area (Å²) in [4.78, 5) is 31.9. The summed E-state index contributed by atoms with van der Waals surface area (Å²) in [6.45, 7) is 21.7. The highest BCUT2D eigenvalue weighted by Crippen LogP contribution is 2.42. The molecule has 1 aliphatic rings. The van der Waals surface area contributed by atoms with Crippen molar-refractivity contribution in [1.82, 2.24) is 19.7 Å². The Morgan fingerprint density at radius 2 is 1.58 bits per heavy atom. The normalized spacial score (nSPS) is 15.5. The van der Waals surface area contributed by atoms with Crippen molar-refractivity contribution >= 4 is 33.1 Å². The molecule has 0 saturated carbocycles. The van der Waals surface area contributed by atoms with Crippen LogP contribution < -0.4 is 4.90 Å². The van der Waals surface area contributed by atoms with Gasteiger partial charge in [-0.3, -0.25) is 4.79 Å². The predicted octanol–water partition coefficient (Wildman–Crippen LogP) is 10.9. The van der Waals surface area contributed by atoms with Gasteiger partial charge in [0.05, 0.1) is 0 Å². The van der Waals surface area contributed by atoms with Gasteiger partial charge in [-0.1, -0.05) is 143 Å². The van der Waals surface area contributed by atoms with Crippen LogP contribution in [0.25, 0.3) is 11.3 Å². The maximum Gasteiger partial charge on any atom is 0.291 e. The van der Waals surface area contributed by atoms with Crippen LogP contribution >= 0.6 is 11.3 Å². The lowest BCUT2D eigenvalue weighted by Crippen LogP contribution is -2.34. The molecule has 0 saturated heterocycles. The number of nitrogens with zero attached hydrogens (tertiary/aromatic N) is 7. The number of aliphatic imine (C=N–C) groups is 1. The van der Waals surface area contributed by atoms with E-state index in [1.807, 2.05) is 18.2 Å². The second-order valence-corrected chi connectivity index (χ2v) is 16.5. The van der Waals surface area contributed by atoms with Crippen molar-refractivity contribution in [2.75, 3.05) is 18.0 Å². The van der Waals surface area contributed by atoms with E-state index in [1.54, 1.807) is 11.3 Å². The maximum atomic E-state index is 13.7. The van der Waals surface area contributed by atoms with Crippen LogP contribution in [0.1, 0.15) is 137 Å². The van der Waals surface area contributed by atoms with Crippen LogP contribution in [0.4, 0.5) is 10.1 Å². The van der Waals surface area contributed by atoms with Crippen LogP contribution in [0.15, 0.2) is 46.5 Å². The van der Waals surface area contributed by atoms with Gasteiger partial charge in [0, 0.05) is 30.6 Å². The molecule has 1 aliphatic heterocycles. The van der Waals surface area contributed by atoms with Gasteiger partial charge in [0.15, 0.2) is 16.8 Å². The van der Waals surface area contributed by atoms with Crippen LogP contribution in [-0.2, 0) is 6.42 Å². The molecule has 0 N–H and O–H groups in total. The van der Waals surface area contributed by atoms with Gasteiger partial charge >= 0.3 is 0 Å². The van der Waals surface area contributed by atoms with Crippen molar-refractivity contribution in [3.8, 4) is 17.3 Å². The van der Waals surface area contributed by atoms with Gasteiger partial charge in [0.25, 0.3) is 5.91 Å². The molecule has 4 rings (SSSR count). The van der Waals surface area contributed by atoms with Gasteiger partial charge in [-0.25, -0.2) is 15.0 Å². The van der Waals surface area contributed by atoms with Crippen LogP contribution in [-0.4, -0.2) is 44.5 Å². The van der Waals surface area contributed by atoms with Gasteiger partial charge in [-0.05, 0) is 42.4 Å². The van der Waals surface area contributed by atoms with E-state index < -0.39 is 5.91 Å². The highest BCUT2D eigenvalue weighted by Gasteiger charge is 2.35. The minimum Gasteiger partial charge on any atom is -0.347 e. The number of anilines is 1. The van der Waals surface area contributed by atoms with Gasteiger partial charge in [-0.15, -0.1) is 5.10 Å². The molecule has 0 amide bonds. The third-order valence-corrected chi connectivity index (χ3v) is 10.5. The number of rotatable bonds is 18. The van der Waals surface area contributed by atoms with Gasteiger partial charge in [0.1, 0.15) is 28.0 Å². The lowest BCUT2D eigenvalue weighted by atomic mass is 9.91. The molecule has 3 heterocycles. The summed E-state index contributed by atoms with van der Waals surface area (Å²) in [5.41, 5.74) is 2.99. The number of thiazole rings is 1. The molecule has 3 aromatic rings. The average Bonchev–Trinajstić information content (AvgIpc) is 3.70. The van der Waals surface area contributed by atoms with E-state index in [4.69, 9.17) is 15.0 Å². The Morgan fingerprint density at radius 3 is 2.10 bits per heavy atom. The number of benzene rings is 1. The lowest BCUT2D eigenvalue weighted by molar-refractivity contribution is 0.0940. The minimum atomic E-state index is -0.431. The number of carbonyl (C=O) groups is 1. The molecule has 270 valence electrons. The molecule has 8 nitrogen and oxygen atoms in total. The van der Waals surface area contributed by atoms with E-state index in [1.165, 1.54) is 43.2 Å². The summed E-state index contributed by atoms with van der Waals surface area (Å²) in [5, 5.41) is 16.7. The molecule has 0 bridgehead atoms. The standard InChI is InChI=1S/C41H59N7OS/c1-10-14-19-29(12-3)26-47(27-30(13-4)20-15-11-2)40-45-35(31-21-17-16-18-22-31)38(50-40)44-36-32(23-28(5)6)33(25-42)39(49)48-37(36)43-34(46-48)24-41(7,8)9/h16-18,21-22,28-30H,10-15,19-20,23-24,26-27H2,1-9H3/b44-36-. The zero-order valence-electron chi connectivity index (χ0n) is 32.1. The van der Waals surface area contributed by atoms with E-state index in [9.17, 15) is 10.1 Å². The topological polar surface area (TPSA) is 100 Å². The Balaban J connectivity index is 1.95. The van der Waals surface area contributed by atoms with Gasteiger partial charge in [0.2, 0.25) is 0 Å². The van der Waals surface area contributed by atoms with Crippen LogP contribution in [0.5, 0.6) is 0 Å². The number of aromatic nitrogens is 4. The van der Waals surface area contributed by atoms with E-state index in [0.29, 0.717) is 47.6 Å². The first-order valence-corrected chi connectivity index (χ1v) is 19.8. The zero-order valence-corrected chi connectivity index (χ0v) is 32.9. The number of hydrogen-bond donors (Lipinski definition) is 0. The third-order valence-electron chi connectivity index (χ3n) is 9.44. The number of fused-ring (bicyclic) bond motifs is 1. The summed E-state index contributed by atoms with van der Waals surface area (Å²) in [7, 11) is 0. The first-order chi connectivity index (χ1) is 23.9. The number of allylic oxidation sites excluding steroid dienone is 2. The van der Waals surface area contributed by atoms with Crippen LogP contribution in [0, 0.1) is 34.5 Å². The molecule has 9 heteroatoms. The summed E-state index contributed by atoms with van der Waals surface area (Å²) < 4.78 is 1.30. The van der Waals surface area contributed by atoms with E-state index >= 15 is 0 Å². The third kappa shape index (κ3) is 9.99. The Hall–Kier alpha value is -3.64. The molecular formula is C41H59N7OS. The molecular weight excluding hydrogens is 639 g/mol. The number of hydrogen-bond acceptors (Lipinski definition) is 8. The predicted molar refractivity (Wildman–Crippen MR) is 208 cm³/mol. The SMILES string of the molecule is CCCCC(CC)CN(CC(CC)CCCC)c1nc(-c2ccccc2)c(/N=C2/C(CC(C)C)=C(C#N)C(=O)n3nc(CC(C)(C)C)nc32)s1. The number of carbonyl (C=O) groups excluding carboxylic acids is 1. The number of nitriles is 1. The van der Waals surface area contributed by atoms with Gasteiger partial charge in [-0.2, -0.15) is 9.94 Å². The Bertz CT molecular complexity index is 1650.